The van der Waals surface area contributed by atoms with Gasteiger partial charge in [-0.2, -0.15) is 22.7 Å². The molecular weight excluding hydrogens is 693 g/mol. The van der Waals surface area contributed by atoms with E-state index in [4.69, 9.17) is 0 Å². The first-order chi connectivity index (χ1) is 23.8. The molecule has 2 saturated heterocycles. The number of thiophene rings is 1. The third-order valence-corrected chi connectivity index (χ3v) is 12.4. The summed E-state index contributed by atoms with van der Waals surface area (Å²) in [4.78, 5) is 14.5. The number of hydrogen-bond acceptors (Lipinski definition) is 9. The maximum atomic E-state index is 13.1. The summed E-state index contributed by atoms with van der Waals surface area (Å²) in [5.41, 5.74) is 3.85. The number of piperidine rings is 1. The van der Waals surface area contributed by atoms with Crippen LogP contribution in [0.1, 0.15) is 54.2 Å². The lowest BCUT2D eigenvalue weighted by Crippen LogP contribution is -2.52. The fourth-order valence-electron chi connectivity index (χ4n) is 7.09. The van der Waals surface area contributed by atoms with Gasteiger partial charge in [-0.15, -0.1) is 11.3 Å². The quantitative estimate of drug-likeness (QED) is 0.192. The Kier molecular flexibility index (Phi) is 10.7. The van der Waals surface area contributed by atoms with Gasteiger partial charge in [0.15, 0.2) is 0 Å². The van der Waals surface area contributed by atoms with Gasteiger partial charge < -0.3 is 9.88 Å². The average molecular weight is 735 g/mol. The lowest BCUT2D eigenvalue weighted by molar-refractivity contribution is -0.126. The third kappa shape index (κ3) is 7.91. The van der Waals surface area contributed by atoms with Gasteiger partial charge in [0, 0.05) is 86.6 Å². The van der Waals surface area contributed by atoms with Crippen LogP contribution >= 0.6 is 11.3 Å². The van der Waals surface area contributed by atoms with Gasteiger partial charge in [-0.1, -0.05) is 13.0 Å². The molecule has 0 unspecified atom stereocenters. The molecule has 1 atom stereocenters. The average Bonchev–Trinajstić information content (AvgIpc) is 3.66. The largest absolute Gasteiger partial charge is 0.393 e. The van der Waals surface area contributed by atoms with Crippen LogP contribution in [-0.4, -0.2) is 101 Å². The van der Waals surface area contributed by atoms with Gasteiger partial charge in [-0.3, -0.25) is 9.80 Å². The van der Waals surface area contributed by atoms with E-state index in [0.717, 1.165) is 60.3 Å². The number of alkyl halides is 4. The molecule has 0 spiro atoms. The summed E-state index contributed by atoms with van der Waals surface area (Å²) in [7, 11) is -3.86. The molecule has 0 bridgehead atoms. The van der Waals surface area contributed by atoms with Crippen molar-refractivity contribution in [2.75, 3.05) is 50.6 Å². The summed E-state index contributed by atoms with van der Waals surface area (Å²) in [6.45, 7) is 10.6. The van der Waals surface area contributed by atoms with Gasteiger partial charge in [0.05, 0.1) is 11.8 Å². The van der Waals surface area contributed by atoms with Gasteiger partial charge in [-0.05, 0) is 56.0 Å². The molecule has 1 aromatic carbocycles. The van der Waals surface area contributed by atoms with Crippen molar-refractivity contribution in [3.63, 3.8) is 0 Å². The Hall–Kier alpha value is -3.36. The summed E-state index contributed by atoms with van der Waals surface area (Å²) in [6.07, 6.45) is -2.96. The van der Waals surface area contributed by atoms with Crippen LogP contribution in [0.25, 0.3) is 21.1 Å². The first-order valence-corrected chi connectivity index (χ1v) is 19.4. The van der Waals surface area contributed by atoms with E-state index in [1.54, 1.807) is 6.07 Å². The number of hydrogen-bond donors (Lipinski definition) is 1. The Labute approximate surface area is 293 Å². The zero-order valence-electron chi connectivity index (χ0n) is 28.4. The van der Waals surface area contributed by atoms with Crippen LogP contribution in [0.4, 0.5) is 23.4 Å². The van der Waals surface area contributed by atoms with Crippen molar-refractivity contribution < 1.29 is 26.0 Å². The van der Waals surface area contributed by atoms with Crippen LogP contribution in [0.3, 0.4) is 0 Å². The maximum Gasteiger partial charge on any atom is 0.393 e. The highest BCUT2D eigenvalue weighted by molar-refractivity contribution is 7.88. The molecule has 0 radical (unpaired) electrons. The fraction of sp³-hybridized carbons (Fsp3) is 0.559. The van der Waals surface area contributed by atoms with Gasteiger partial charge >= 0.3 is 6.18 Å². The molecule has 3 aromatic heterocycles. The molecule has 50 heavy (non-hydrogen) atoms. The molecule has 6 rings (SSSR count). The molecule has 10 nitrogen and oxygen atoms in total. The number of aryl methyl sites for hydroxylation is 2. The molecule has 4 aromatic rings. The van der Waals surface area contributed by atoms with Crippen LogP contribution in [-0.2, 0) is 36.0 Å². The number of fused-ring (bicyclic) bond motifs is 2. The van der Waals surface area contributed by atoms with E-state index < -0.39 is 28.6 Å². The zero-order chi connectivity index (χ0) is 35.8. The summed E-state index contributed by atoms with van der Waals surface area (Å²) >= 11 is 1.08. The number of anilines is 1. The van der Waals surface area contributed by atoms with Crippen LogP contribution in [0.15, 0.2) is 24.3 Å². The number of likely N-dealkylation sites (tertiary alicyclic amines) is 1. The highest BCUT2D eigenvalue weighted by Crippen LogP contribution is 2.34. The number of aromatic nitrogens is 3. The molecule has 0 aliphatic carbocycles. The van der Waals surface area contributed by atoms with E-state index in [-0.39, 0.29) is 30.1 Å². The maximum absolute atomic E-state index is 13.1. The van der Waals surface area contributed by atoms with Crippen LogP contribution in [0.5, 0.6) is 0 Å². The van der Waals surface area contributed by atoms with Crippen LogP contribution in [0.2, 0.25) is 0 Å². The molecule has 5 heterocycles. The van der Waals surface area contributed by atoms with Gasteiger partial charge in [0.1, 0.15) is 28.2 Å². The number of nitrogens with zero attached hydrogens (tertiary/aromatic N) is 7. The zero-order valence-corrected chi connectivity index (χ0v) is 30.1. The normalized spacial score (nSPS) is 18.2. The SMILES string of the molecule is CCc1nc(NC2CCN(Cc3ccc4c(cc(C#N)n4C[C@H](C)N4CCN(S(=O)(=O)CF)CC4)c3C)CC2)c2cc(CC(F)(F)F)sc2n1. The fourth-order valence-corrected chi connectivity index (χ4v) is 9.03. The highest BCUT2D eigenvalue weighted by Gasteiger charge is 2.31. The minimum Gasteiger partial charge on any atom is -0.367 e. The number of halogens is 4. The topological polar surface area (TPSA) is 110 Å². The van der Waals surface area contributed by atoms with E-state index in [9.17, 15) is 31.2 Å². The second-order valence-corrected chi connectivity index (χ2v) is 16.3. The molecule has 270 valence electrons. The van der Waals surface area contributed by atoms with E-state index >= 15 is 0 Å². The molecule has 2 aliphatic rings. The first kappa shape index (κ1) is 36.4. The second kappa shape index (κ2) is 14.7. The predicted octanol–water partition coefficient (Wildman–Crippen LogP) is 5.83. The summed E-state index contributed by atoms with van der Waals surface area (Å²) in [5.74, 6) is 1.22. The molecule has 1 N–H and O–H groups in total. The summed E-state index contributed by atoms with van der Waals surface area (Å²) in [5, 5.41) is 15.2. The highest BCUT2D eigenvalue weighted by atomic mass is 32.2. The second-order valence-electron chi connectivity index (χ2n) is 13.3. The van der Waals surface area contributed by atoms with E-state index in [1.807, 2.05) is 17.6 Å². The Morgan fingerprint density at radius 2 is 1.80 bits per heavy atom. The number of benzene rings is 1. The molecule has 16 heteroatoms. The lowest BCUT2D eigenvalue weighted by atomic mass is 10.0. The van der Waals surface area contributed by atoms with Crippen LogP contribution < -0.4 is 5.32 Å². The van der Waals surface area contributed by atoms with Crippen molar-refractivity contribution in [1.82, 2.24) is 28.6 Å². The van der Waals surface area contributed by atoms with E-state index in [0.29, 0.717) is 53.6 Å². The number of sulfonamides is 1. The Morgan fingerprint density at radius 3 is 2.44 bits per heavy atom. The third-order valence-electron chi connectivity index (χ3n) is 9.96. The summed E-state index contributed by atoms with van der Waals surface area (Å²) < 4.78 is 79.3. The Balaban J connectivity index is 1.09. The van der Waals surface area contributed by atoms with E-state index in [2.05, 4.69) is 57.1 Å². The van der Waals surface area contributed by atoms with Crippen molar-refractivity contribution in [3.8, 4) is 6.07 Å². The van der Waals surface area contributed by atoms with Gasteiger partial charge in [-0.25, -0.2) is 22.8 Å². The van der Waals surface area contributed by atoms with Gasteiger partial charge in [0.2, 0.25) is 16.0 Å². The molecule has 0 saturated carbocycles. The number of nitrogens with one attached hydrogen (secondary N) is 1. The number of nitriles is 1. The van der Waals surface area contributed by atoms with Crippen LogP contribution in [0, 0.1) is 18.3 Å². The minimum absolute atomic E-state index is 0.0384. The molecular formula is C34H42F4N8O2S2. The van der Waals surface area contributed by atoms with Crippen molar-refractivity contribution in [1.29, 1.82) is 5.26 Å². The smallest absolute Gasteiger partial charge is 0.367 e. The standard InChI is InChI=1S/C34H42F4N8O2S2/c1-4-31-41-32(29-16-27(17-34(36,37)38)49-33(29)42-31)40-25-7-9-43(10-8-25)20-24-5-6-30-28(23(24)3)15-26(18-39)46(30)19-22(2)44-11-13-45(14-12-44)50(47,48)21-35/h5-6,15-16,22,25H,4,7-14,17,19-21H2,1-3H3,(H,40,41,42)/t22-/m0/s1. The minimum atomic E-state index is -4.28. The van der Waals surface area contributed by atoms with Crippen molar-refractivity contribution in [2.24, 2.45) is 0 Å². The Morgan fingerprint density at radius 1 is 1.08 bits per heavy atom. The van der Waals surface area contributed by atoms with Crippen molar-refractivity contribution in [2.45, 2.75) is 77.8 Å². The lowest BCUT2D eigenvalue weighted by Gasteiger charge is -2.37. The van der Waals surface area contributed by atoms with Crippen molar-refractivity contribution >= 4 is 48.3 Å². The van der Waals surface area contributed by atoms with Crippen molar-refractivity contribution in [3.05, 3.63) is 51.8 Å². The molecule has 2 aliphatic heterocycles. The predicted molar refractivity (Wildman–Crippen MR) is 187 cm³/mol. The van der Waals surface area contributed by atoms with E-state index in [1.165, 1.54) is 9.87 Å². The molecule has 0 amide bonds. The monoisotopic (exact) mass is 734 g/mol. The number of rotatable bonds is 11. The number of piperazine rings is 1. The van der Waals surface area contributed by atoms with Gasteiger partial charge in [0.25, 0.3) is 0 Å². The Bertz CT molecular complexity index is 1990. The summed E-state index contributed by atoms with van der Waals surface area (Å²) in [6, 6.07) is 8.85. The molecule has 2 fully saturated rings. The first-order valence-electron chi connectivity index (χ1n) is 16.9.